The van der Waals surface area contributed by atoms with Crippen molar-refractivity contribution in [3.8, 4) is 23.0 Å². The minimum absolute atomic E-state index is 0.128. The Morgan fingerprint density at radius 1 is 0.964 bits per heavy atom. The molecule has 0 aliphatic rings. The van der Waals surface area contributed by atoms with Crippen molar-refractivity contribution >= 4 is 5.97 Å². The van der Waals surface area contributed by atoms with Gasteiger partial charge in [0.05, 0.1) is 27.9 Å². The number of phenolic OH excluding ortho intramolecular Hbond substituents is 1. The maximum absolute atomic E-state index is 11.4. The number of unbranched alkanes of at least 4 members (excludes halogenated alkanes) is 3. The van der Waals surface area contributed by atoms with Crippen LogP contribution in [0.4, 0.5) is 0 Å². The fourth-order valence-corrected chi connectivity index (χ4v) is 3.00. The van der Waals surface area contributed by atoms with E-state index >= 15 is 0 Å². The molecule has 28 heavy (non-hydrogen) atoms. The first-order chi connectivity index (χ1) is 13.6. The summed E-state index contributed by atoms with van der Waals surface area (Å²) in [4.78, 5) is 11.4. The van der Waals surface area contributed by atoms with Crippen LogP contribution in [0.2, 0.25) is 0 Å². The van der Waals surface area contributed by atoms with Gasteiger partial charge in [-0.25, -0.2) is 4.79 Å². The fourth-order valence-electron chi connectivity index (χ4n) is 3.00. The molecule has 0 aliphatic heterocycles. The summed E-state index contributed by atoms with van der Waals surface area (Å²) >= 11 is 0. The molecule has 6 nitrogen and oxygen atoms in total. The van der Waals surface area contributed by atoms with Crippen LogP contribution in [0.5, 0.6) is 23.0 Å². The van der Waals surface area contributed by atoms with Gasteiger partial charge in [-0.15, -0.1) is 0 Å². The summed E-state index contributed by atoms with van der Waals surface area (Å²) in [6.45, 7) is 0.555. The van der Waals surface area contributed by atoms with Crippen molar-refractivity contribution in [2.24, 2.45) is 0 Å². The van der Waals surface area contributed by atoms with Gasteiger partial charge in [0.2, 0.25) is 0 Å². The number of carbonyl (C=O) groups is 1. The van der Waals surface area contributed by atoms with E-state index in [1.54, 1.807) is 20.3 Å². The summed E-state index contributed by atoms with van der Waals surface area (Å²) in [5.74, 6) is 1.39. The van der Waals surface area contributed by atoms with Crippen LogP contribution < -0.4 is 14.2 Å². The Balaban J connectivity index is 1.69. The Labute approximate surface area is 166 Å². The van der Waals surface area contributed by atoms with Gasteiger partial charge in [0.15, 0.2) is 11.5 Å². The number of ether oxygens (including phenoxy) is 4. The van der Waals surface area contributed by atoms with Crippen LogP contribution in [0.15, 0.2) is 36.4 Å². The van der Waals surface area contributed by atoms with Gasteiger partial charge >= 0.3 is 5.97 Å². The van der Waals surface area contributed by atoms with Crippen LogP contribution in [-0.4, -0.2) is 39.0 Å². The first-order valence-corrected chi connectivity index (χ1v) is 9.34. The molecule has 2 aromatic carbocycles. The molecule has 0 aromatic heterocycles. The second-order valence-corrected chi connectivity index (χ2v) is 6.34. The third-order valence-electron chi connectivity index (χ3n) is 4.47. The topological polar surface area (TPSA) is 74.2 Å². The van der Waals surface area contributed by atoms with Gasteiger partial charge in [-0.05, 0) is 43.0 Å². The molecular formula is C22H28O6. The number of methoxy groups -OCH3 is 3. The predicted molar refractivity (Wildman–Crippen MR) is 107 cm³/mol. The van der Waals surface area contributed by atoms with Gasteiger partial charge in [-0.1, -0.05) is 25.0 Å². The minimum atomic E-state index is -0.572. The first-order valence-electron chi connectivity index (χ1n) is 9.34. The lowest BCUT2D eigenvalue weighted by Crippen LogP contribution is -2.02. The number of rotatable bonds is 11. The molecule has 1 N–H and O–H groups in total. The lowest BCUT2D eigenvalue weighted by atomic mass is 10.0. The van der Waals surface area contributed by atoms with E-state index in [0.29, 0.717) is 12.4 Å². The maximum Gasteiger partial charge on any atom is 0.341 e. The van der Waals surface area contributed by atoms with Gasteiger partial charge < -0.3 is 24.1 Å². The zero-order valence-corrected chi connectivity index (χ0v) is 16.7. The summed E-state index contributed by atoms with van der Waals surface area (Å²) in [6, 6.07) is 10.5. The molecule has 0 fully saturated rings. The lowest BCUT2D eigenvalue weighted by molar-refractivity contribution is 0.0597. The number of hydrogen-bond acceptors (Lipinski definition) is 6. The number of phenols is 1. The SMILES string of the molecule is COC(=O)c1ccc(OCCCCCCc2cccc(OC)c2OC)cc1O. The average Bonchev–Trinajstić information content (AvgIpc) is 2.72. The van der Waals surface area contributed by atoms with E-state index < -0.39 is 5.97 Å². The Morgan fingerprint density at radius 3 is 2.43 bits per heavy atom. The zero-order chi connectivity index (χ0) is 20.4. The molecule has 0 heterocycles. The number of aromatic hydroxyl groups is 1. The summed E-state index contributed by atoms with van der Waals surface area (Å²) in [5, 5.41) is 9.85. The van der Waals surface area contributed by atoms with Crippen LogP contribution in [0.1, 0.15) is 41.6 Å². The third-order valence-corrected chi connectivity index (χ3v) is 4.47. The van der Waals surface area contributed by atoms with E-state index in [1.807, 2.05) is 12.1 Å². The molecule has 0 radical (unpaired) electrons. The van der Waals surface area contributed by atoms with Gasteiger partial charge in [-0.3, -0.25) is 0 Å². The highest BCUT2D eigenvalue weighted by Crippen LogP contribution is 2.31. The summed E-state index contributed by atoms with van der Waals surface area (Å²) in [5.41, 5.74) is 1.28. The number of benzene rings is 2. The zero-order valence-electron chi connectivity index (χ0n) is 16.7. The molecule has 0 aliphatic carbocycles. The standard InChI is InChI=1S/C22H28O6/c1-25-20-11-8-10-16(21(20)26-2)9-6-4-5-7-14-28-17-12-13-18(19(23)15-17)22(24)27-3/h8,10-13,15,23H,4-7,9,14H2,1-3H3. The lowest BCUT2D eigenvalue weighted by Gasteiger charge is -2.12. The molecule has 0 unspecified atom stereocenters. The summed E-state index contributed by atoms with van der Waals surface area (Å²) in [6.07, 6.45) is 5.02. The van der Waals surface area contributed by atoms with Gasteiger partial charge in [0.25, 0.3) is 0 Å². The van der Waals surface area contributed by atoms with Crippen LogP contribution >= 0.6 is 0 Å². The predicted octanol–water partition coefficient (Wildman–Crippen LogP) is 4.38. The monoisotopic (exact) mass is 388 g/mol. The minimum Gasteiger partial charge on any atom is -0.507 e. The van der Waals surface area contributed by atoms with E-state index in [0.717, 1.165) is 49.2 Å². The molecule has 0 spiro atoms. The molecule has 0 saturated heterocycles. The first kappa shape index (κ1) is 21.4. The van der Waals surface area contributed by atoms with E-state index in [-0.39, 0.29) is 11.3 Å². The van der Waals surface area contributed by atoms with Crippen molar-refractivity contribution in [2.75, 3.05) is 27.9 Å². The second kappa shape index (κ2) is 11.1. The number of hydrogen-bond donors (Lipinski definition) is 1. The second-order valence-electron chi connectivity index (χ2n) is 6.34. The normalized spacial score (nSPS) is 10.4. The Hall–Kier alpha value is -2.89. The smallest absolute Gasteiger partial charge is 0.341 e. The molecule has 0 saturated carbocycles. The van der Waals surface area contributed by atoms with Crippen molar-refractivity contribution in [2.45, 2.75) is 32.1 Å². The molecule has 0 atom stereocenters. The average molecular weight is 388 g/mol. The van der Waals surface area contributed by atoms with Crippen molar-refractivity contribution < 1.29 is 28.8 Å². The highest BCUT2D eigenvalue weighted by atomic mass is 16.5. The van der Waals surface area contributed by atoms with Crippen LogP contribution in [0.25, 0.3) is 0 Å². The summed E-state index contributed by atoms with van der Waals surface area (Å²) in [7, 11) is 4.58. The molecular weight excluding hydrogens is 360 g/mol. The molecule has 2 rings (SSSR count). The molecule has 0 bridgehead atoms. The third kappa shape index (κ3) is 5.81. The van der Waals surface area contributed by atoms with E-state index in [4.69, 9.17) is 14.2 Å². The Bertz CT molecular complexity index is 772. The highest BCUT2D eigenvalue weighted by Gasteiger charge is 2.12. The van der Waals surface area contributed by atoms with E-state index in [1.165, 1.54) is 19.2 Å². The van der Waals surface area contributed by atoms with Gasteiger partial charge in [0, 0.05) is 6.07 Å². The highest BCUT2D eigenvalue weighted by molar-refractivity contribution is 5.92. The van der Waals surface area contributed by atoms with E-state index in [2.05, 4.69) is 10.8 Å². The van der Waals surface area contributed by atoms with Gasteiger partial charge in [-0.2, -0.15) is 0 Å². The molecule has 0 amide bonds. The number of para-hydroxylation sites is 1. The van der Waals surface area contributed by atoms with Gasteiger partial charge in [0.1, 0.15) is 17.1 Å². The van der Waals surface area contributed by atoms with Crippen molar-refractivity contribution in [1.29, 1.82) is 0 Å². The van der Waals surface area contributed by atoms with Crippen LogP contribution in [0, 0.1) is 0 Å². The van der Waals surface area contributed by atoms with Crippen LogP contribution in [0.3, 0.4) is 0 Å². The number of carbonyl (C=O) groups excluding carboxylic acids is 1. The quantitative estimate of drug-likeness (QED) is 0.455. The molecule has 6 heteroatoms. The fraction of sp³-hybridized carbons (Fsp3) is 0.409. The summed E-state index contributed by atoms with van der Waals surface area (Å²) < 4.78 is 21.0. The number of aryl methyl sites for hydroxylation is 1. The largest absolute Gasteiger partial charge is 0.507 e. The molecule has 152 valence electrons. The van der Waals surface area contributed by atoms with Crippen molar-refractivity contribution in [3.63, 3.8) is 0 Å². The molecule has 2 aromatic rings. The van der Waals surface area contributed by atoms with Crippen LogP contribution in [-0.2, 0) is 11.2 Å². The van der Waals surface area contributed by atoms with E-state index in [9.17, 15) is 9.90 Å². The Kier molecular flexibility index (Phi) is 8.46. The van der Waals surface area contributed by atoms with Crippen molar-refractivity contribution in [3.05, 3.63) is 47.5 Å². The maximum atomic E-state index is 11.4. The Morgan fingerprint density at radius 2 is 1.75 bits per heavy atom. The van der Waals surface area contributed by atoms with Crippen molar-refractivity contribution in [1.82, 2.24) is 0 Å². The number of esters is 1.